The molecule has 0 saturated carbocycles. The van der Waals surface area contributed by atoms with Gasteiger partial charge < -0.3 is 15.7 Å². The standard InChI is InChI=1S/C27H32F2N4.C26H31N3O.C25H28F2N4/c1-19(2)26-17-30-11-12-33(26)18-21-6-3-7-22(13-21)25-9-10-31-27(32-25)8-4-5-20-14-23(28)16-24(29)15-20;1-20-6-2-3-17-29(20)19-22-8-4-9-23(18-22)25-15-16-27-26(28-25)10-5-7-21-11-13-24(30)14-12-21;1-2-31(23-15-28-16-23)17-19-6-3-7-20(11-19)24-9-10-29-25(30-24)8-4-5-18-12-21(26)14-22(27)13-18/h3,6-7,9-10,13-16,19,26,30H,4-5,8,11-12,17-18H2,1-2H3;4,8-9,11-16,18,20,30H,2-3,5-7,10,17,19H2,1H3;3,6-7,9-14,23,28H,2,4-5,8,15-17H2,1H3/t;20-;/m.0./s1. The van der Waals surface area contributed by atoms with Crippen molar-refractivity contribution in [2.24, 2.45) is 5.92 Å². The minimum atomic E-state index is -0.539. The van der Waals surface area contributed by atoms with Gasteiger partial charge in [0.15, 0.2) is 0 Å². The van der Waals surface area contributed by atoms with E-state index in [-0.39, 0.29) is 0 Å². The highest BCUT2D eigenvalue weighted by Gasteiger charge is 2.26. The Bertz CT molecular complexity index is 3790. The lowest BCUT2D eigenvalue weighted by Gasteiger charge is -2.38. The summed E-state index contributed by atoms with van der Waals surface area (Å²) in [5.41, 5.74) is 12.6. The van der Waals surface area contributed by atoms with Gasteiger partial charge in [0.2, 0.25) is 0 Å². The first-order valence-corrected chi connectivity index (χ1v) is 33.8. The largest absolute Gasteiger partial charge is 0.508 e. The van der Waals surface area contributed by atoms with Crippen molar-refractivity contribution in [3.63, 3.8) is 0 Å². The minimum absolute atomic E-state index is 0.312. The summed E-state index contributed by atoms with van der Waals surface area (Å²) in [6.45, 7) is 19.5. The molecule has 0 bridgehead atoms. The summed E-state index contributed by atoms with van der Waals surface area (Å²) in [4.78, 5) is 35.2. The SMILES string of the molecule is CC(C)C1CNCCN1Cc1cccc(-c2ccnc(CCCc3cc(F)cc(F)c3)n2)c1.CCN(Cc1cccc(-c2ccnc(CCCc3cc(F)cc(F)c3)n2)c1)C1CNC1.C[C@H]1CCCCN1Cc1cccc(-c2ccnc(CCCc3ccc(O)cc3)n2)c1. The van der Waals surface area contributed by atoms with Crippen LogP contribution in [0.1, 0.15) is 117 Å². The number of phenolic OH excluding ortho intramolecular Hbond substituents is 1. The van der Waals surface area contributed by atoms with Crippen LogP contribution in [0.2, 0.25) is 0 Å². The van der Waals surface area contributed by atoms with Crippen molar-refractivity contribution < 1.29 is 22.7 Å². The molecule has 12 rings (SSSR count). The zero-order chi connectivity index (χ0) is 65.6. The van der Waals surface area contributed by atoms with Crippen LogP contribution in [0.4, 0.5) is 17.6 Å². The summed E-state index contributed by atoms with van der Waals surface area (Å²) in [6, 6.07) is 48.4. The third-order valence-corrected chi connectivity index (χ3v) is 18.1. The molecule has 3 saturated heterocycles. The van der Waals surface area contributed by atoms with Crippen LogP contribution in [0.15, 0.2) is 170 Å². The van der Waals surface area contributed by atoms with Gasteiger partial charge in [-0.2, -0.15) is 0 Å². The van der Waals surface area contributed by atoms with Gasteiger partial charge in [-0.05, 0) is 183 Å². The van der Waals surface area contributed by atoms with Crippen LogP contribution in [0.25, 0.3) is 33.8 Å². The average Bonchev–Trinajstić information content (AvgIpc) is 1.02. The molecule has 9 aromatic rings. The van der Waals surface area contributed by atoms with E-state index in [0.29, 0.717) is 66.6 Å². The van der Waals surface area contributed by atoms with Crippen LogP contribution >= 0.6 is 0 Å². The molecule has 0 amide bonds. The first kappa shape index (κ1) is 68.7. The first-order chi connectivity index (χ1) is 45.7. The van der Waals surface area contributed by atoms with Crippen molar-refractivity contribution in [2.75, 3.05) is 45.8 Å². The minimum Gasteiger partial charge on any atom is -0.508 e. The molecule has 16 heteroatoms. The fourth-order valence-electron chi connectivity index (χ4n) is 12.8. The highest BCUT2D eigenvalue weighted by molar-refractivity contribution is 5.61. The fraction of sp³-hybridized carbons (Fsp3) is 0.385. The molecule has 0 aliphatic carbocycles. The Morgan fingerprint density at radius 3 is 1.43 bits per heavy atom. The van der Waals surface area contributed by atoms with Crippen molar-refractivity contribution in [2.45, 2.75) is 143 Å². The molecular weight excluding hydrogens is 1180 g/mol. The maximum atomic E-state index is 13.4. The second-order valence-corrected chi connectivity index (χ2v) is 25.6. The van der Waals surface area contributed by atoms with E-state index in [9.17, 15) is 22.7 Å². The summed E-state index contributed by atoms with van der Waals surface area (Å²) in [5, 5.41) is 16.3. The van der Waals surface area contributed by atoms with E-state index in [1.807, 2.05) is 36.5 Å². The summed E-state index contributed by atoms with van der Waals surface area (Å²) < 4.78 is 53.5. The van der Waals surface area contributed by atoms with Gasteiger partial charge in [-0.3, -0.25) is 14.7 Å². The molecule has 3 aliphatic rings. The molecule has 492 valence electrons. The molecule has 3 fully saturated rings. The van der Waals surface area contributed by atoms with Crippen molar-refractivity contribution >= 4 is 0 Å². The second kappa shape index (κ2) is 34.9. The lowest BCUT2D eigenvalue weighted by atomic mass is 9.99. The van der Waals surface area contributed by atoms with Crippen molar-refractivity contribution in [1.82, 2.24) is 55.2 Å². The number of aromatic hydroxyl groups is 1. The molecule has 1 unspecified atom stereocenters. The van der Waals surface area contributed by atoms with Crippen LogP contribution < -0.4 is 10.6 Å². The maximum absolute atomic E-state index is 13.4. The Labute approximate surface area is 553 Å². The van der Waals surface area contributed by atoms with E-state index in [1.165, 1.54) is 77.9 Å². The van der Waals surface area contributed by atoms with Crippen LogP contribution in [-0.2, 0) is 58.2 Å². The number of hydrogen-bond acceptors (Lipinski definition) is 12. The summed E-state index contributed by atoms with van der Waals surface area (Å²) in [6.07, 6.45) is 16.1. The highest BCUT2D eigenvalue weighted by atomic mass is 19.1. The fourth-order valence-corrected chi connectivity index (χ4v) is 12.8. The molecule has 6 heterocycles. The molecule has 3 aromatic heterocycles. The Balaban J connectivity index is 0.000000154. The molecule has 0 radical (unpaired) electrons. The Morgan fingerprint density at radius 1 is 0.500 bits per heavy atom. The molecule has 6 aromatic carbocycles. The maximum Gasteiger partial charge on any atom is 0.128 e. The number of phenols is 1. The number of aromatic nitrogens is 6. The number of nitrogens with zero attached hydrogens (tertiary/aromatic N) is 9. The van der Waals surface area contributed by atoms with E-state index in [2.05, 4.69) is 141 Å². The number of rotatable bonds is 24. The van der Waals surface area contributed by atoms with Gasteiger partial charge in [-0.25, -0.2) is 47.5 Å². The van der Waals surface area contributed by atoms with Crippen molar-refractivity contribution in [1.29, 1.82) is 0 Å². The molecule has 2 atom stereocenters. The lowest BCUT2D eigenvalue weighted by molar-refractivity contribution is 0.117. The Hall–Kier alpha value is -8.12. The van der Waals surface area contributed by atoms with Gasteiger partial charge in [-0.1, -0.05) is 93.9 Å². The first-order valence-electron chi connectivity index (χ1n) is 33.8. The number of hydrogen-bond donors (Lipinski definition) is 3. The van der Waals surface area contributed by atoms with Gasteiger partial charge >= 0.3 is 0 Å². The topological polar surface area (TPSA) is 131 Å². The monoisotopic (exact) mass is 1270 g/mol. The van der Waals surface area contributed by atoms with Gasteiger partial charge in [0.05, 0.1) is 17.1 Å². The summed E-state index contributed by atoms with van der Waals surface area (Å²) >= 11 is 0. The Kier molecular flexibility index (Phi) is 25.5. The third-order valence-electron chi connectivity index (χ3n) is 18.1. The zero-order valence-corrected chi connectivity index (χ0v) is 55.0. The van der Waals surface area contributed by atoms with Crippen molar-refractivity contribution in [3.8, 4) is 39.5 Å². The molecule has 3 N–H and O–H groups in total. The number of benzene rings is 6. The van der Waals surface area contributed by atoms with E-state index < -0.39 is 23.3 Å². The van der Waals surface area contributed by atoms with Crippen LogP contribution in [0.3, 0.4) is 0 Å². The quantitative estimate of drug-likeness (QED) is 0.0498. The van der Waals surface area contributed by atoms with Gasteiger partial charge in [-0.15, -0.1) is 0 Å². The highest BCUT2D eigenvalue weighted by Crippen LogP contribution is 2.27. The predicted octanol–water partition coefficient (Wildman–Crippen LogP) is 14.8. The van der Waals surface area contributed by atoms with Gasteiger partial charge in [0.1, 0.15) is 46.5 Å². The lowest BCUT2D eigenvalue weighted by Crippen LogP contribution is -2.56. The summed E-state index contributed by atoms with van der Waals surface area (Å²) in [5.74, 6) is 1.15. The molecule has 94 heavy (non-hydrogen) atoms. The smallest absolute Gasteiger partial charge is 0.128 e. The van der Waals surface area contributed by atoms with E-state index in [0.717, 1.165) is 149 Å². The Morgan fingerprint density at radius 2 is 0.968 bits per heavy atom. The number of likely N-dealkylation sites (tertiary alicyclic amines) is 1. The van der Waals surface area contributed by atoms with E-state index in [1.54, 1.807) is 24.5 Å². The number of nitrogens with one attached hydrogen (secondary N) is 2. The molecule has 0 spiro atoms. The van der Waals surface area contributed by atoms with Gasteiger partial charge in [0.25, 0.3) is 0 Å². The average molecular weight is 1270 g/mol. The number of piperazine rings is 1. The number of likely N-dealkylation sites (N-methyl/N-ethyl adjacent to an activating group) is 1. The van der Waals surface area contributed by atoms with Crippen LogP contribution in [-0.4, -0.2) is 114 Å². The normalized spacial score (nSPS) is 16.1. The zero-order valence-electron chi connectivity index (χ0n) is 55.0. The van der Waals surface area contributed by atoms with E-state index in [4.69, 9.17) is 15.0 Å². The third kappa shape index (κ3) is 20.9. The number of piperidine rings is 1. The molecule has 3 aliphatic heterocycles. The number of halogens is 4. The van der Waals surface area contributed by atoms with E-state index >= 15 is 0 Å². The molecule has 12 nitrogen and oxygen atoms in total. The second-order valence-electron chi connectivity index (χ2n) is 25.6. The van der Waals surface area contributed by atoms with Crippen LogP contribution in [0, 0.1) is 29.2 Å². The van der Waals surface area contributed by atoms with Gasteiger partial charge in [0, 0.05) is 137 Å². The number of aryl methyl sites for hydroxylation is 6. The molecular formula is C78H91F4N11O. The van der Waals surface area contributed by atoms with Crippen molar-refractivity contribution in [3.05, 3.63) is 244 Å². The predicted molar refractivity (Wildman–Crippen MR) is 368 cm³/mol. The summed E-state index contributed by atoms with van der Waals surface area (Å²) in [7, 11) is 0. The van der Waals surface area contributed by atoms with Crippen LogP contribution in [0.5, 0.6) is 5.75 Å².